The van der Waals surface area contributed by atoms with Crippen molar-refractivity contribution >= 4 is 22.5 Å². The van der Waals surface area contributed by atoms with Crippen molar-refractivity contribution in [3.8, 4) is 22.6 Å². The number of carbonyl (C=O) groups is 1. The van der Waals surface area contributed by atoms with Crippen LogP contribution in [0.4, 0.5) is 5.69 Å². The summed E-state index contributed by atoms with van der Waals surface area (Å²) in [5.74, 6) is 0.551. The van der Waals surface area contributed by atoms with Gasteiger partial charge >= 0.3 is 0 Å². The second-order valence-corrected chi connectivity index (χ2v) is 7.07. The number of nitrogens with zero attached hydrogens (tertiary/aromatic N) is 3. The Morgan fingerprint density at radius 1 is 0.933 bits per heavy atom. The molecule has 0 aliphatic carbocycles. The van der Waals surface area contributed by atoms with Gasteiger partial charge in [-0.15, -0.1) is 0 Å². The van der Waals surface area contributed by atoms with Crippen molar-refractivity contribution in [2.24, 2.45) is 0 Å². The number of hydrogen-bond donors (Lipinski definition) is 3. The van der Waals surface area contributed by atoms with Crippen molar-refractivity contribution in [2.45, 2.75) is 6.92 Å². The number of hydrogen-bond acceptors (Lipinski definition) is 4. The zero-order chi connectivity index (χ0) is 20.5. The van der Waals surface area contributed by atoms with Gasteiger partial charge in [0.25, 0.3) is 5.91 Å². The Hall–Kier alpha value is -4.26. The molecule has 5 aromatic rings. The number of benzene rings is 3. The Labute approximate surface area is 172 Å². The van der Waals surface area contributed by atoms with Gasteiger partial charge in [-0.05, 0) is 49.4 Å². The molecule has 0 aliphatic rings. The first-order valence-electron chi connectivity index (χ1n) is 9.50. The summed E-state index contributed by atoms with van der Waals surface area (Å²) in [7, 11) is 0. The first kappa shape index (κ1) is 17.8. The van der Waals surface area contributed by atoms with Crippen LogP contribution in [-0.2, 0) is 0 Å². The monoisotopic (exact) mass is 394 g/mol. The quantitative estimate of drug-likeness (QED) is 0.415. The highest BCUT2D eigenvalue weighted by Gasteiger charge is 2.12. The molecule has 7 nitrogen and oxygen atoms in total. The van der Waals surface area contributed by atoms with Crippen LogP contribution in [0.3, 0.4) is 0 Å². The number of aryl methyl sites for hydroxylation is 1. The number of anilines is 1. The van der Waals surface area contributed by atoms with Gasteiger partial charge < -0.3 is 5.32 Å². The Kier molecular flexibility index (Phi) is 4.33. The zero-order valence-electron chi connectivity index (χ0n) is 16.2. The second-order valence-electron chi connectivity index (χ2n) is 7.07. The number of H-pyrrole nitrogens is 2. The molecule has 3 aromatic carbocycles. The minimum atomic E-state index is -0.147. The van der Waals surface area contributed by atoms with Crippen LogP contribution in [0.25, 0.3) is 33.5 Å². The molecule has 0 aliphatic heterocycles. The van der Waals surface area contributed by atoms with Crippen LogP contribution in [0.15, 0.2) is 73.1 Å². The van der Waals surface area contributed by atoms with E-state index in [1.807, 2.05) is 73.7 Å². The lowest BCUT2D eigenvalue weighted by Gasteiger charge is -2.07. The molecule has 3 N–H and O–H groups in total. The fourth-order valence-corrected chi connectivity index (χ4v) is 3.38. The molecule has 0 saturated carbocycles. The normalized spacial score (nSPS) is 11.0. The molecule has 5 rings (SSSR count). The smallest absolute Gasteiger partial charge is 0.255 e. The van der Waals surface area contributed by atoms with Crippen molar-refractivity contribution in [1.29, 1.82) is 0 Å². The van der Waals surface area contributed by atoms with Gasteiger partial charge in [-0.2, -0.15) is 10.2 Å². The summed E-state index contributed by atoms with van der Waals surface area (Å²) < 4.78 is 0. The fraction of sp³-hybridized carbons (Fsp3) is 0.0435. The SMILES string of the molecule is Cc1ccc(C(=O)Nc2cccc(-c3n[nH]c4ccc(-c5ncn[nH]5)cc34)c2)cc1. The van der Waals surface area contributed by atoms with Crippen molar-refractivity contribution in [3.05, 3.63) is 84.2 Å². The molecule has 2 heterocycles. The van der Waals surface area contributed by atoms with Gasteiger partial charge in [0.15, 0.2) is 5.82 Å². The van der Waals surface area contributed by atoms with E-state index in [1.54, 1.807) is 0 Å². The van der Waals surface area contributed by atoms with E-state index in [0.29, 0.717) is 17.1 Å². The van der Waals surface area contributed by atoms with Gasteiger partial charge in [-0.1, -0.05) is 29.8 Å². The van der Waals surface area contributed by atoms with Crippen LogP contribution in [0, 0.1) is 6.92 Å². The molecular weight excluding hydrogens is 376 g/mol. The van der Waals surface area contributed by atoms with Gasteiger partial charge in [0.2, 0.25) is 0 Å². The lowest BCUT2D eigenvalue weighted by atomic mass is 10.0. The van der Waals surface area contributed by atoms with E-state index in [4.69, 9.17) is 0 Å². The molecule has 2 aromatic heterocycles. The van der Waals surface area contributed by atoms with Gasteiger partial charge in [0.1, 0.15) is 6.33 Å². The highest BCUT2D eigenvalue weighted by atomic mass is 16.1. The van der Waals surface area contributed by atoms with Crippen LogP contribution in [0.1, 0.15) is 15.9 Å². The number of rotatable bonds is 4. The first-order valence-corrected chi connectivity index (χ1v) is 9.50. The highest BCUT2D eigenvalue weighted by molar-refractivity contribution is 6.05. The van der Waals surface area contributed by atoms with Crippen molar-refractivity contribution in [2.75, 3.05) is 5.32 Å². The number of carbonyl (C=O) groups excluding carboxylic acids is 1. The van der Waals surface area contributed by atoms with Crippen LogP contribution in [0.2, 0.25) is 0 Å². The summed E-state index contributed by atoms with van der Waals surface area (Å²) in [5, 5.41) is 18.3. The van der Waals surface area contributed by atoms with Gasteiger partial charge in [0.05, 0.1) is 11.2 Å². The van der Waals surface area contributed by atoms with Gasteiger partial charge in [0, 0.05) is 27.8 Å². The maximum absolute atomic E-state index is 12.6. The molecular formula is C23H18N6O. The molecule has 30 heavy (non-hydrogen) atoms. The van der Waals surface area contributed by atoms with Crippen molar-refractivity contribution < 1.29 is 4.79 Å². The molecule has 1 amide bonds. The Bertz CT molecular complexity index is 1340. The summed E-state index contributed by atoms with van der Waals surface area (Å²) >= 11 is 0. The molecule has 7 heteroatoms. The predicted octanol–water partition coefficient (Wildman–Crippen LogP) is 4.58. The maximum atomic E-state index is 12.6. The number of fused-ring (bicyclic) bond motifs is 1. The van der Waals surface area contributed by atoms with Crippen LogP contribution in [0.5, 0.6) is 0 Å². The minimum Gasteiger partial charge on any atom is -0.322 e. The molecule has 0 bridgehead atoms. The van der Waals surface area contributed by atoms with Gasteiger partial charge in [-0.3, -0.25) is 15.0 Å². The average Bonchev–Trinajstić information content (AvgIpc) is 3.44. The van der Waals surface area contributed by atoms with E-state index in [1.165, 1.54) is 6.33 Å². The fourth-order valence-electron chi connectivity index (χ4n) is 3.38. The number of aromatic nitrogens is 5. The summed E-state index contributed by atoms with van der Waals surface area (Å²) in [4.78, 5) is 16.8. The highest BCUT2D eigenvalue weighted by Crippen LogP contribution is 2.30. The lowest BCUT2D eigenvalue weighted by molar-refractivity contribution is 0.102. The number of nitrogens with one attached hydrogen (secondary N) is 3. The van der Waals surface area contributed by atoms with Crippen molar-refractivity contribution in [3.63, 3.8) is 0 Å². The van der Waals surface area contributed by atoms with E-state index in [2.05, 4.69) is 30.7 Å². The molecule has 0 radical (unpaired) electrons. The summed E-state index contributed by atoms with van der Waals surface area (Å²) in [5.41, 5.74) is 5.99. The predicted molar refractivity (Wildman–Crippen MR) is 116 cm³/mol. The molecule has 0 spiro atoms. The van der Waals surface area contributed by atoms with Crippen LogP contribution in [-0.4, -0.2) is 31.3 Å². The van der Waals surface area contributed by atoms with Crippen LogP contribution < -0.4 is 5.32 Å². The third-order valence-electron chi connectivity index (χ3n) is 4.96. The molecule has 0 atom stereocenters. The van der Waals surface area contributed by atoms with E-state index in [9.17, 15) is 4.79 Å². The standard InChI is InChI=1S/C23H18N6O/c1-14-5-7-15(8-6-14)23(30)26-18-4-2-3-16(11-18)21-19-12-17(22-24-13-25-29-22)9-10-20(19)27-28-21/h2-13H,1H3,(H,26,30)(H,27,28)(H,24,25,29). The summed E-state index contributed by atoms with van der Waals surface area (Å²) in [6, 6.07) is 21.1. The minimum absolute atomic E-state index is 0.147. The Morgan fingerprint density at radius 2 is 1.80 bits per heavy atom. The topological polar surface area (TPSA) is 99.3 Å². The number of amides is 1. The molecule has 0 saturated heterocycles. The molecule has 0 unspecified atom stereocenters. The zero-order valence-corrected chi connectivity index (χ0v) is 16.2. The largest absolute Gasteiger partial charge is 0.322 e. The van der Waals surface area contributed by atoms with E-state index < -0.39 is 0 Å². The summed E-state index contributed by atoms with van der Waals surface area (Å²) in [6.07, 6.45) is 1.48. The number of aromatic amines is 2. The Morgan fingerprint density at radius 3 is 2.60 bits per heavy atom. The van der Waals surface area contributed by atoms with E-state index in [0.717, 1.165) is 33.3 Å². The Balaban J connectivity index is 1.47. The summed E-state index contributed by atoms with van der Waals surface area (Å²) in [6.45, 7) is 1.99. The first-order chi connectivity index (χ1) is 14.7. The average molecular weight is 394 g/mol. The second kappa shape index (κ2) is 7.29. The third kappa shape index (κ3) is 3.33. The lowest BCUT2D eigenvalue weighted by Crippen LogP contribution is -2.11. The van der Waals surface area contributed by atoms with E-state index >= 15 is 0 Å². The van der Waals surface area contributed by atoms with Gasteiger partial charge in [-0.25, -0.2) is 4.98 Å². The third-order valence-corrected chi connectivity index (χ3v) is 4.96. The van der Waals surface area contributed by atoms with Crippen molar-refractivity contribution in [1.82, 2.24) is 25.4 Å². The van der Waals surface area contributed by atoms with E-state index in [-0.39, 0.29) is 5.91 Å². The maximum Gasteiger partial charge on any atom is 0.255 e. The molecule has 146 valence electrons. The van der Waals surface area contributed by atoms with Crippen LogP contribution >= 0.6 is 0 Å². The molecule has 0 fully saturated rings.